The zero-order valence-corrected chi connectivity index (χ0v) is 13.4. The third-order valence-electron chi connectivity index (χ3n) is 3.10. The van der Waals surface area contributed by atoms with Gasteiger partial charge in [-0.2, -0.15) is 0 Å². The van der Waals surface area contributed by atoms with Crippen LogP contribution in [0.25, 0.3) is 0 Å². The molecule has 0 aromatic carbocycles. The average molecular weight is 326 g/mol. The van der Waals surface area contributed by atoms with Crippen LogP contribution in [0.4, 0.5) is 0 Å². The van der Waals surface area contributed by atoms with E-state index in [4.69, 9.17) is 14.2 Å². The molecule has 1 aliphatic heterocycles. The highest BCUT2D eigenvalue weighted by atomic mass is 16.6. The van der Waals surface area contributed by atoms with Gasteiger partial charge in [0.2, 0.25) is 0 Å². The summed E-state index contributed by atoms with van der Waals surface area (Å²) in [5, 5.41) is 10.0. The Kier molecular flexibility index (Phi) is 7.47. The molecular weight excluding hydrogens is 304 g/mol. The molecule has 0 aromatic heterocycles. The summed E-state index contributed by atoms with van der Waals surface area (Å²) in [7, 11) is 0. The molecule has 1 aliphatic rings. The van der Waals surface area contributed by atoms with Crippen molar-refractivity contribution in [2.75, 3.05) is 0 Å². The van der Waals surface area contributed by atoms with Crippen molar-refractivity contribution in [2.45, 2.75) is 58.0 Å². The van der Waals surface area contributed by atoms with Gasteiger partial charge in [-0.25, -0.2) is 4.79 Å². The van der Waals surface area contributed by atoms with Gasteiger partial charge in [0.1, 0.15) is 18.3 Å². The molecule has 0 amide bonds. The third-order valence-corrected chi connectivity index (χ3v) is 3.10. The molecule has 0 radical (unpaired) electrons. The summed E-state index contributed by atoms with van der Waals surface area (Å²) in [5.41, 5.74) is 0. The number of carbonyl (C=O) groups is 3. The Balaban J connectivity index is 2.59. The van der Waals surface area contributed by atoms with E-state index in [0.717, 1.165) is 0 Å². The van der Waals surface area contributed by atoms with Gasteiger partial charge in [0.25, 0.3) is 0 Å². The van der Waals surface area contributed by atoms with E-state index in [0.29, 0.717) is 6.42 Å². The van der Waals surface area contributed by atoms with Gasteiger partial charge in [-0.15, -0.1) is 0 Å². The number of cyclic esters (lactones) is 1. The van der Waals surface area contributed by atoms with E-state index >= 15 is 0 Å². The van der Waals surface area contributed by atoms with E-state index in [1.54, 1.807) is 19.1 Å². The standard InChI is InChI=1S/C16H22O7/c1-10(21-11(2)17)15(22-12(3)18)9-13(19)7-8-14-5-4-6-16(20)23-14/h4,6-8,10,13-15,19H,5,9H2,1-3H3. The third kappa shape index (κ3) is 7.60. The number of aliphatic hydroxyl groups excluding tert-OH is 1. The topological polar surface area (TPSA) is 99.1 Å². The van der Waals surface area contributed by atoms with Crippen molar-refractivity contribution < 1.29 is 33.7 Å². The number of carbonyl (C=O) groups excluding carboxylic acids is 3. The van der Waals surface area contributed by atoms with Crippen molar-refractivity contribution in [3.05, 3.63) is 24.3 Å². The molecule has 0 spiro atoms. The molecule has 7 heteroatoms. The maximum absolute atomic E-state index is 11.1. The zero-order chi connectivity index (χ0) is 17.4. The molecule has 4 atom stereocenters. The van der Waals surface area contributed by atoms with Crippen molar-refractivity contribution in [1.82, 2.24) is 0 Å². The molecule has 0 aromatic rings. The first-order valence-corrected chi connectivity index (χ1v) is 7.36. The molecule has 0 fully saturated rings. The normalized spacial score (nSPS) is 21.4. The Morgan fingerprint density at radius 1 is 1.39 bits per heavy atom. The summed E-state index contributed by atoms with van der Waals surface area (Å²) < 4.78 is 15.1. The second-order valence-corrected chi connectivity index (χ2v) is 5.26. The van der Waals surface area contributed by atoms with Crippen LogP contribution in [0, 0.1) is 0 Å². The number of hydrogen-bond acceptors (Lipinski definition) is 7. The van der Waals surface area contributed by atoms with Crippen molar-refractivity contribution in [1.29, 1.82) is 0 Å². The van der Waals surface area contributed by atoms with Crippen LogP contribution in [0.3, 0.4) is 0 Å². The van der Waals surface area contributed by atoms with Gasteiger partial charge in [0, 0.05) is 32.8 Å². The second-order valence-electron chi connectivity index (χ2n) is 5.26. The Bertz CT molecular complexity index is 495. The minimum atomic E-state index is -0.943. The van der Waals surface area contributed by atoms with Gasteiger partial charge in [-0.05, 0) is 13.0 Å². The van der Waals surface area contributed by atoms with Gasteiger partial charge >= 0.3 is 17.9 Å². The van der Waals surface area contributed by atoms with Gasteiger partial charge in [0.05, 0.1) is 6.10 Å². The summed E-state index contributed by atoms with van der Waals surface area (Å²) in [6.07, 6.45) is 3.84. The van der Waals surface area contributed by atoms with Crippen LogP contribution in [-0.4, -0.2) is 47.4 Å². The maximum Gasteiger partial charge on any atom is 0.331 e. The smallest absolute Gasteiger partial charge is 0.331 e. The van der Waals surface area contributed by atoms with Crippen molar-refractivity contribution in [2.24, 2.45) is 0 Å². The van der Waals surface area contributed by atoms with E-state index in [2.05, 4.69) is 0 Å². The lowest BCUT2D eigenvalue weighted by molar-refractivity contribution is -0.165. The molecule has 4 unspecified atom stereocenters. The second kappa shape index (κ2) is 9.09. The summed E-state index contributed by atoms with van der Waals surface area (Å²) >= 11 is 0. The minimum Gasteiger partial charge on any atom is -0.459 e. The number of rotatable bonds is 7. The fraction of sp³-hybridized carbons (Fsp3) is 0.562. The Hall–Kier alpha value is -2.15. The molecule has 1 heterocycles. The quantitative estimate of drug-likeness (QED) is 0.424. The molecule has 1 rings (SSSR count). The first-order chi connectivity index (χ1) is 10.8. The SMILES string of the molecule is CC(=O)OC(C)C(CC(O)C=CC1CC=CC(=O)O1)OC(C)=O. The number of aliphatic hydroxyl groups is 1. The Morgan fingerprint density at radius 2 is 2.04 bits per heavy atom. The molecule has 0 saturated carbocycles. The molecule has 7 nitrogen and oxygen atoms in total. The molecule has 0 saturated heterocycles. The fourth-order valence-corrected chi connectivity index (χ4v) is 2.11. The minimum absolute atomic E-state index is 0.0566. The summed E-state index contributed by atoms with van der Waals surface area (Å²) in [4.78, 5) is 33.2. The van der Waals surface area contributed by atoms with Gasteiger partial charge in [-0.3, -0.25) is 9.59 Å². The highest BCUT2D eigenvalue weighted by Crippen LogP contribution is 2.14. The number of esters is 3. The summed E-state index contributed by atoms with van der Waals surface area (Å²) in [5.74, 6) is -1.46. The highest BCUT2D eigenvalue weighted by molar-refractivity contribution is 5.82. The first-order valence-electron chi connectivity index (χ1n) is 7.36. The van der Waals surface area contributed by atoms with Crippen LogP contribution in [0.5, 0.6) is 0 Å². The summed E-state index contributed by atoms with van der Waals surface area (Å²) in [6.45, 7) is 4.07. The van der Waals surface area contributed by atoms with Crippen LogP contribution in [0.2, 0.25) is 0 Å². The number of hydrogen-bond donors (Lipinski definition) is 1. The molecule has 128 valence electrons. The molecule has 0 aliphatic carbocycles. The van der Waals surface area contributed by atoms with E-state index in [1.165, 1.54) is 26.0 Å². The van der Waals surface area contributed by atoms with Gasteiger partial charge in [0.15, 0.2) is 0 Å². The first kappa shape index (κ1) is 18.9. The predicted molar refractivity (Wildman–Crippen MR) is 80.2 cm³/mol. The van der Waals surface area contributed by atoms with Crippen molar-refractivity contribution in [3.8, 4) is 0 Å². The molecular formula is C16H22O7. The maximum atomic E-state index is 11.1. The van der Waals surface area contributed by atoms with E-state index < -0.39 is 42.3 Å². The number of ether oxygens (including phenoxy) is 3. The summed E-state index contributed by atoms with van der Waals surface area (Å²) in [6, 6.07) is 0. The van der Waals surface area contributed by atoms with E-state index in [1.807, 2.05) is 0 Å². The zero-order valence-electron chi connectivity index (χ0n) is 13.4. The van der Waals surface area contributed by atoms with Crippen LogP contribution >= 0.6 is 0 Å². The molecule has 23 heavy (non-hydrogen) atoms. The largest absolute Gasteiger partial charge is 0.459 e. The highest BCUT2D eigenvalue weighted by Gasteiger charge is 2.25. The predicted octanol–water partition coefficient (Wildman–Crippen LogP) is 1.05. The van der Waals surface area contributed by atoms with E-state index in [-0.39, 0.29) is 6.42 Å². The van der Waals surface area contributed by atoms with Crippen LogP contribution in [-0.2, 0) is 28.6 Å². The van der Waals surface area contributed by atoms with E-state index in [9.17, 15) is 19.5 Å². The van der Waals surface area contributed by atoms with Gasteiger partial charge in [-0.1, -0.05) is 12.2 Å². The van der Waals surface area contributed by atoms with Crippen LogP contribution in [0.15, 0.2) is 24.3 Å². The van der Waals surface area contributed by atoms with Gasteiger partial charge < -0.3 is 19.3 Å². The molecule has 0 bridgehead atoms. The van der Waals surface area contributed by atoms with Crippen LogP contribution < -0.4 is 0 Å². The Morgan fingerprint density at radius 3 is 2.61 bits per heavy atom. The lowest BCUT2D eigenvalue weighted by atomic mass is 10.1. The monoisotopic (exact) mass is 326 g/mol. The van der Waals surface area contributed by atoms with Crippen LogP contribution in [0.1, 0.15) is 33.6 Å². The fourth-order valence-electron chi connectivity index (χ4n) is 2.11. The average Bonchev–Trinajstić information content (AvgIpc) is 2.43. The lowest BCUT2D eigenvalue weighted by Gasteiger charge is -2.24. The Labute approximate surface area is 134 Å². The van der Waals surface area contributed by atoms with Crippen molar-refractivity contribution >= 4 is 17.9 Å². The molecule has 1 N–H and O–H groups in total. The lowest BCUT2D eigenvalue weighted by Crippen LogP contribution is -2.34. The van der Waals surface area contributed by atoms with Crippen molar-refractivity contribution in [3.63, 3.8) is 0 Å².